The number of rotatable bonds is 6. The topological polar surface area (TPSA) is 69.4 Å². The summed E-state index contributed by atoms with van der Waals surface area (Å²) >= 11 is 0. The molecule has 70 valence electrons. The first-order valence-electron chi connectivity index (χ1n) is 3.94. The van der Waals surface area contributed by atoms with Gasteiger partial charge in [0.1, 0.15) is 0 Å². The molecule has 0 saturated carbocycles. The van der Waals surface area contributed by atoms with Crippen molar-refractivity contribution in [3.05, 3.63) is 10.1 Å². The molecule has 0 bridgehead atoms. The first kappa shape index (κ1) is 10.9. The lowest BCUT2D eigenvalue weighted by Crippen LogP contribution is -2.11. The van der Waals surface area contributed by atoms with Crippen LogP contribution < -0.4 is 0 Å². The van der Waals surface area contributed by atoms with E-state index in [2.05, 4.69) is 4.74 Å². The van der Waals surface area contributed by atoms with Gasteiger partial charge in [-0.2, -0.15) is 0 Å². The van der Waals surface area contributed by atoms with Crippen LogP contribution >= 0.6 is 0 Å². The average Bonchev–Trinajstić information content (AvgIpc) is 2.01. The monoisotopic (exact) mass is 175 g/mol. The first-order chi connectivity index (χ1) is 5.66. The molecule has 0 unspecified atom stereocenters. The van der Waals surface area contributed by atoms with Crippen molar-refractivity contribution in [1.29, 1.82) is 0 Å². The molecule has 0 aliphatic carbocycles. The van der Waals surface area contributed by atoms with Crippen LogP contribution in [0.15, 0.2) is 0 Å². The van der Waals surface area contributed by atoms with Crippen LogP contribution in [0.25, 0.3) is 0 Å². The predicted molar refractivity (Wildman–Crippen MR) is 42.1 cm³/mol. The fourth-order valence-electron chi connectivity index (χ4n) is 0.716. The fraction of sp³-hybridized carbons (Fsp3) is 0.857. The minimum Gasteiger partial charge on any atom is -0.400 e. The highest BCUT2D eigenvalue weighted by Crippen LogP contribution is 1.99. The number of hydrogen-bond donors (Lipinski definition) is 0. The molecule has 0 fully saturated rings. The van der Waals surface area contributed by atoms with Gasteiger partial charge < -0.3 is 4.74 Å². The Morgan fingerprint density at radius 1 is 1.50 bits per heavy atom. The maximum atomic E-state index is 10.7. The van der Waals surface area contributed by atoms with Gasteiger partial charge in [0.15, 0.2) is 0 Å². The molecule has 0 heterocycles. The van der Waals surface area contributed by atoms with Crippen LogP contribution in [0.3, 0.4) is 0 Å². The van der Waals surface area contributed by atoms with Crippen molar-refractivity contribution < 1.29 is 14.5 Å². The molecule has 0 aromatic rings. The summed E-state index contributed by atoms with van der Waals surface area (Å²) in [5.41, 5.74) is 0. The van der Waals surface area contributed by atoms with Gasteiger partial charge in [-0.25, -0.2) is 0 Å². The van der Waals surface area contributed by atoms with E-state index in [1.807, 2.05) is 6.92 Å². The lowest BCUT2D eigenvalue weighted by molar-refractivity contribution is -0.519. The highest BCUT2D eigenvalue weighted by Gasteiger charge is 2.04. The number of carbonyl (C=O) groups excluding carboxylic acids is 1. The summed E-state index contributed by atoms with van der Waals surface area (Å²) in [5.74, 6) is -0.486. The first-order valence-corrected chi connectivity index (χ1v) is 3.94. The zero-order chi connectivity index (χ0) is 9.40. The molecule has 5 heteroatoms. The highest BCUT2D eigenvalue weighted by molar-refractivity contribution is 5.69. The van der Waals surface area contributed by atoms with Crippen molar-refractivity contribution in [1.82, 2.24) is 0 Å². The summed E-state index contributed by atoms with van der Waals surface area (Å²) < 4.78 is 4.31. The molecule has 5 nitrogen and oxygen atoms in total. The van der Waals surface area contributed by atoms with Crippen LogP contribution in [0, 0.1) is 10.1 Å². The van der Waals surface area contributed by atoms with Crippen molar-refractivity contribution >= 4 is 5.97 Å². The summed E-state index contributed by atoms with van der Waals surface area (Å²) in [7, 11) is 0. The normalized spacial score (nSPS) is 9.42. The van der Waals surface area contributed by atoms with E-state index in [0.717, 1.165) is 19.3 Å². The smallest absolute Gasteiger partial charge is 0.346 e. The summed E-state index contributed by atoms with van der Waals surface area (Å²) in [5, 5.41) is 9.76. The molecule has 0 saturated heterocycles. The number of hydrogen-bond acceptors (Lipinski definition) is 4. The van der Waals surface area contributed by atoms with E-state index in [1.54, 1.807) is 0 Å². The minimum atomic E-state index is -0.717. The van der Waals surface area contributed by atoms with Gasteiger partial charge in [-0.1, -0.05) is 19.8 Å². The van der Waals surface area contributed by atoms with Crippen molar-refractivity contribution in [2.75, 3.05) is 6.73 Å². The standard InChI is InChI=1S/C7H13NO4/c1-2-3-4-5-7(9)12-6-8(10)11/h2-6H2,1H3. The summed E-state index contributed by atoms with van der Waals surface area (Å²) in [6, 6.07) is 0. The maximum absolute atomic E-state index is 10.7. The molecule has 0 amide bonds. The Morgan fingerprint density at radius 2 is 2.17 bits per heavy atom. The van der Waals surface area contributed by atoms with E-state index in [0.29, 0.717) is 0 Å². The summed E-state index contributed by atoms with van der Waals surface area (Å²) in [6.45, 7) is 1.30. The number of ether oxygens (including phenoxy) is 1. The van der Waals surface area contributed by atoms with E-state index in [9.17, 15) is 14.9 Å². The Labute approximate surface area is 70.9 Å². The molecule has 0 atom stereocenters. The van der Waals surface area contributed by atoms with Crippen molar-refractivity contribution in [2.45, 2.75) is 32.6 Å². The van der Waals surface area contributed by atoms with Gasteiger partial charge in [0.25, 0.3) is 0 Å². The van der Waals surface area contributed by atoms with Crippen LogP contribution in [-0.4, -0.2) is 17.6 Å². The number of unbranched alkanes of at least 4 members (excludes halogenated alkanes) is 2. The Hall–Kier alpha value is -1.13. The van der Waals surface area contributed by atoms with Crippen LogP contribution in [0.1, 0.15) is 32.6 Å². The number of nitrogens with zero attached hydrogens (tertiary/aromatic N) is 1. The van der Waals surface area contributed by atoms with E-state index in [-0.39, 0.29) is 6.42 Å². The van der Waals surface area contributed by atoms with Crippen molar-refractivity contribution in [2.24, 2.45) is 0 Å². The van der Waals surface area contributed by atoms with Crippen LogP contribution in [-0.2, 0) is 9.53 Å². The lowest BCUT2D eigenvalue weighted by Gasteiger charge is -1.98. The van der Waals surface area contributed by atoms with Crippen LogP contribution in [0.4, 0.5) is 0 Å². The maximum Gasteiger partial charge on any atom is 0.346 e. The van der Waals surface area contributed by atoms with Crippen LogP contribution in [0.5, 0.6) is 0 Å². The van der Waals surface area contributed by atoms with Gasteiger partial charge >= 0.3 is 12.7 Å². The molecular formula is C7H13NO4. The summed E-state index contributed by atoms with van der Waals surface area (Å²) in [6.07, 6.45) is 2.99. The van der Waals surface area contributed by atoms with Gasteiger partial charge in [0.05, 0.1) is 4.92 Å². The van der Waals surface area contributed by atoms with Gasteiger partial charge in [-0.05, 0) is 6.42 Å². The highest BCUT2D eigenvalue weighted by atomic mass is 16.7. The number of nitro groups is 1. The molecular weight excluding hydrogens is 162 g/mol. The van der Waals surface area contributed by atoms with E-state index >= 15 is 0 Å². The minimum absolute atomic E-state index is 0.279. The largest absolute Gasteiger partial charge is 0.400 e. The van der Waals surface area contributed by atoms with Crippen molar-refractivity contribution in [3.63, 3.8) is 0 Å². The SMILES string of the molecule is CCCCCC(=O)OC[N+](=O)[O-]. The third kappa shape index (κ3) is 6.98. The van der Waals surface area contributed by atoms with Gasteiger partial charge in [0, 0.05) is 6.42 Å². The second kappa shape index (κ2) is 6.57. The number of esters is 1. The predicted octanol–water partition coefficient (Wildman–Crippen LogP) is 1.34. The van der Waals surface area contributed by atoms with Gasteiger partial charge in [-0.3, -0.25) is 14.9 Å². The average molecular weight is 175 g/mol. The lowest BCUT2D eigenvalue weighted by atomic mass is 10.2. The zero-order valence-electron chi connectivity index (χ0n) is 7.12. The Bertz CT molecular complexity index is 157. The quantitative estimate of drug-likeness (QED) is 0.201. The van der Waals surface area contributed by atoms with E-state index < -0.39 is 17.6 Å². The molecule has 0 rings (SSSR count). The van der Waals surface area contributed by atoms with Crippen molar-refractivity contribution in [3.8, 4) is 0 Å². The molecule has 0 aromatic carbocycles. The second-order valence-corrected chi connectivity index (χ2v) is 2.44. The van der Waals surface area contributed by atoms with Gasteiger partial charge in [0.2, 0.25) is 0 Å². The molecule has 0 aliphatic heterocycles. The van der Waals surface area contributed by atoms with E-state index in [4.69, 9.17) is 0 Å². The molecule has 12 heavy (non-hydrogen) atoms. The fourth-order valence-corrected chi connectivity index (χ4v) is 0.716. The van der Waals surface area contributed by atoms with Crippen LogP contribution in [0.2, 0.25) is 0 Å². The Balaban J connectivity index is 3.28. The zero-order valence-corrected chi connectivity index (χ0v) is 7.12. The molecule has 0 aromatic heterocycles. The van der Waals surface area contributed by atoms with E-state index in [1.165, 1.54) is 0 Å². The third-order valence-electron chi connectivity index (χ3n) is 1.32. The third-order valence-corrected chi connectivity index (χ3v) is 1.32. The Morgan fingerprint density at radius 3 is 2.67 bits per heavy atom. The summed E-state index contributed by atoms with van der Waals surface area (Å²) in [4.78, 5) is 19.8. The Kier molecular flexibility index (Phi) is 5.95. The molecule has 0 N–H and O–H groups in total. The molecule has 0 aliphatic rings. The second-order valence-electron chi connectivity index (χ2n) is 2.44. The molecule has 0 spiro atoms. The van der Waals surface area contributed by atoms with Gasteiger partial charge in [-0.15, -0.1) is 0 Å². The molecule has 0 radical (unpaired) electrons. The number of carbonyl (C=O) groups is 1.